The second-order valence-electron chi connectivity index (χ2n) is 6.13. The fourth-order valence-corrected chi connectivity index (χ4v) is 2.73. The van der Waals surface area contributed by atoms with Crippen LogP contribution in [0.25, 0.3) is 0 Å². The molecule has 0 spiro atoms. The maximum atomic E-state index is 12.2. The number of benzene rings is 2. The first-order chi connectivity index (χ1) is 13.9. The standard InChI is InChI=1S/C21H27ClN4O3.HI/c1-4-28-15-9-10-19(29-5-2)18(13-15)26-21(23)24-12-11-20(27)25-17-8-6-7-16(22)14(17)3;/h6-10,13H,4-5,11-12H2,1-3H3,(H,25,27)(H3,23,24,26);1H. The van der Waals surface area contributed by atoms with Gasteiger partial charge in [-0.05, 0) is 50.6 Å². The summed E-state index contributed by atoms with van der Waals surface area (Å²) in [5, 5.41) is 6.44. The number of halogens is 2. The van der Waals surface area contributed by atoms with Crippen molar-refractivity contribution in [2.24, 2.45) is 10.7 Å². The molecule has 0 aliphatic rings. The number of hydrogen-bond acceptors (Lipinski definition) is 4. The van der Waals surface area contributed by atoms with Crippen LogP contribution in [-0.2, 0) is 4.79 Å². The van der Waals surface area contributed by atoms with E-state index in [2.05, 4.69) is 15.6 Å². The summed E-state index contributed by atoms with van der Waals surface area (Å²) < 4.78 is 11.1. The summed E-state index contributed by atoms with van der Waals surface area (Å²) in [5.41, 5.74) is 8.13. The average molecular weight is 547 g/mol. The van der Waals surface area contributed by atoms with Crippen molar-refractivity contribution in [2.45, 2.75) is 27.2 Å². The van der Waals surface area contributed by atoms with E-state index < -0.39 is 0 Å². The maximum absolute atomic E-state index is 12.2. The van der Waals surface area contributed by atoms with Crippen LogP contribution in [0.1, 0.15) is 25.8 Å². The molecule has 164 valence electrons. The molecule has 0 saturated carbocycles. The van der Waals surface area contributed by atoms with E-state index in [9.17, 15) is 4.79 Å². The lowest BCUT2D eigenvalue weighted by atomic mass is 10.2. The van der Waals surface area contributed by atoms with Crippen molar-refractivity contribution in [3.63, 3.8) is 0 Å². The van der Waals surface area contributed by atoms with E-state index in [0.717, 1.165) is 5.56 Å². The first-order valence-electron chi connectivity index (χ1n) is 9.46. The van der Waals surface area contributed by atoms with E-state index in [0.29, 0.717) is 41.1 Å². The molecule has 0 fully saturated rings. The molecular weight excluding hydrogens is 519 g/mol. The molecule has 0 unspecified atom stereocenters. The molecule has 30 heavy (non-hydrogen) atoms. The van der Waals surface area contributed by atoms with Crippen LogP contribution in [0.4, 0.5) is 11.4 Å². The van der Waals surface area contributed by atoms with Gasteiger partial charge in [0.15, 0.2) is 5.96 Å². The molecule has 7 nitrogen and oxygen atoms in total. The van der Waals surface area contributed by atoms with Crippen molar-refractivity contribution in [1.29, 1.82) is 0 Å². The van der Waals surface area contributed by atoms with Crippen LogP contribution in [0.15, 0.2) is 41.4 Å². The number of hydrogen-bond donors (Lipinski definition) is 3. The fourth-order valence-electron chi connectivity index (χ4n) is 2.56. The summed E-state index contributed by atoms with van der Waals surface area (Å²) >= 11 is 6.07. The Morgan fingerprint density at radius 1 is 1.10 bits per heavy atom. The van der Waals surface area contributed by atoms with E-state index in [4.69, 9.17) is 26.8 Å². The molecule has 0 saturated heterocycles. The van der Waals surface area contributed by atoms with Gasteiger partial charge in [0.25, 0.3) is 0 Å². The minimum atomic E-state index is -0.166. The number of nitrogens with two attached hydrogens (primary N) is 1. The van der Waals surface area contributed by atoms with Gasteiger partial charge in [-0.1, -0.05) is 17.7 Å². The molecule has 2 aromatic carbocycles. The van der Waals surface area contributed by atoms with Crippen molar-refractivity contribution >= 4 is 58.8 Å². The van der Waals surface area contributed by atoms with Crippen molar-refractivity contribution in [1.82, 2.24) is 0 Å². The zero-order chi connectivity index (χ0) is 21.2. The number of nitrogens with zero attached hydrogens (tertiary/aromatic N) is 1. The van der Waals surface area contributed by atoms with Crippen LogP contribution in [0.2, 0.25) is 5.02 Å². The highest BCUT2D eigenvalue weighted by Gasteiger charge is 2.09. The number of anilines is 2. The number of rotatable bonds is 9. The van der Waals surface area contributed by atoms with Crippen LogP contribution in [0.5, 0.6) is 11.5 Å². The predicted molar refractivity (Wildman–Crippen MR) is 134 cm³/mol. The Labute approximate surface area is 199 Å². The molecule has 9 heteroatoms. The Morgan fingerprint density at radius 3 is 2.53 bits per heavy atom. The molecule has 0 bridgehead atoms. The molecule has 0 radical (unpaired) electrons. The van der Waals surface area contributed by atoms with Gasteiger partial charge in [0.1, 0.15) is 11.5 Å². The average Bonchev–Trinajstić information content (AvgIpc) is 2.68. The lowest BCUT2D eigenvalue weighted by Gasteiger charge is -2.14. The van der Waals surface area contributed by atoms with Crippen molar-refractivity contribution in [3.8, 4) is 11.5 Å². The minimum absolute atomic E-state index is 0. The van der Waals surface area contributed by atoms with Crippen molar-refractivity contribution in [3.05, 3.63) is 47.0 Å². The molecule has 0 aliphatic carbocycles. The molecule has 0 aliphatic heterocycles. The molecule has 4 N–H and O–H groups in total. The van der Waals surface area contributed by atoms with E-state index in [1.54, 1.807) is 24.3 Å². The number of carbonyl (C=O) groups excluding carboxylic acids is 1. The normalized spacial score (nSPS) is 10.7. The van der Waals surface area contributed by atoms with Gasteiger partial charge < -0.3 is 25.8 Å². The van der Waals surface area contributed by atoms with Gasteiger partial charge in [-0.15, -0.1) is 24.0 Å². The number of guanidine groups is 1. The summed E-state index contributed by atoms with van der Waals surface area (Å²) in [7, 11) is 0. The first-order valence-corrected chi connectivity index (χ1v) is 9.83. The highest BCUT2D eigenvalue weighted by atomic mass is 127. The Kier molecular flexibility index (Phi) is 11.3. The summed E-state index contributed by atoms with van der Waals surface area (Å²) in [5.74, 6) is 1.36. The van der Waals surface area contributed by atoms with E-state index in [1.807, 2.05) is 32.9 Å². The van der Waals surface area contributed by atoms with Crippen LogP contribution >= 0.6 is 35.6 Å². The van der Waals surface area contributed by atoms with Gasteiger partial charge in [0, 0.05) is 23.2 Å². The van der Waals surface area contributed by atoms with Crippen molar-refractivity contribution in [2.75, 3.05) is 30.4 Å². The number of carbonyl (C=O) groups is 1. The zero-order valence-corrected chi connectivity index (χ0v) is 20.4. The fraction of sp³-hybridized carbons (Fsp3) is 0.333. The third-order valence-corrected chi connectivity index (χ3v) is 4.40. The second-order valence-corrected chi connectivity index (χ2v) is 6.53. The van der Waals surface area contributed by atoms with Crippen LogP contribution in [0.3, 0.4) is 0 Å². The molecule has 0 atom stereocenters. The van der Waals surface area contributed by atoms with Gasteiger partial charge in [-0.25, -0.2) is 0 Å². The van der Waals surface area contributed by atoms with Gasteiger partial charge in [-0.2, -0.15) is 0 Å². The summed E-state index contributed by atoms with van der Waals surface area (Å²) in [6, 6.07) is 10.8. The maximum Gasteiger partial charge on any atom is 0.226 e. The highest BCUT2D eigenvalue weighted by Crippen LogP contribution is 2.29. The molecule has 0 heterocycles. The largest absolute Gasteiger partial charge is 0.494 e. The smallest absolute Gasteiger partial charge is 0.226 e. The Balaban J connectivity index is 0.00000450. The molecule has 2 aromatic rings. The topological polar surface area (TPSA) is 98.0 Å². The summed E-state index contributed by atoms with van der Waals surface area (Å²) in [4.78, 5) is 16.4. The monoisotopic (exact) mass is 546 g/mol. The van der Waals surface area contributed by atoms with E-state index in [-0.39, 0.29) is 48.8 Å². The van der Waals surface area contributed by atoms with Gasteiger partial charge >= 0.3 is 0 Å². The first kappa shape index (κ1) is 25.8. The van der Waals surface area contributed by atoms with Gasteiger partial charge in [0.05, 0.1) is 25.4 Å². The van der Waals surface area contributed by atoms with Crippen LogP contribution in [-0.4, -0.2) is 31.6 Å². The minimum Gasteiger partial charge on any atom is -0.494 e. The third kappa shape index (κ3) is 7.91. The van der Waals surface area contributed by atoms with E-state index in [1.165, 1.54) is 0 Å². The number of aliphatic imine (C=N–C) groups is 1. The summed E-state index contributed by atoms with van der Waals surface area (Å²) in [6.07, 6.45) is 0.186. The Morgan fingerprint density at radius 2 is 1.83 bits per heavy atom. The Hall–Kier alpha value is -2.20. The molecule has 1 amide bonds. The molecule has 0 aromatic heterocycles. The SMILES string of the molecule is CCOc1ccc(OCC)c(NC(N)=NCCC(=O)Nc2cccc(Cl)c2C)c1.I. The van der Waals surface area contributed by atoms with Crippen LogP contribution < -0.4 is 25.8 Å². The van der Waals surface area contributed by atoms with Gasteiger partial charge in [-0.3, -0.25) is 9.79 Å². The van der Waals surface area contributed by atoms with Crippen molar-refractivity contribution < 1.29 is 14.3 Å². The second kappa shape index (κ2) is 13.2. The Bertz CT molecular complexity index is 877. The molecule has 2 rings (SSSR count). The van der Waals surface area contributed by atoms with Crippen LogP contribution in [0, 0.1) is 6.92 Å². The lowest BCUT2D eigenvalue weighted by Crippen LogP contribution is -2.24. The predicted octanol–water partition coefficient (Wildman–Crippen LogP) is 4.82. The number of amides is 1. The zero-order valence-electron chi connectivity index (χ0n) is 17.3. The highest BCUT2D eigenvalue weighted by molar-refractivity contribution is 14.0. The number of nitrogens with one attached hydrogen (secondary N) is 2. The third-order valence-electron chi connectivity index (χ3n) is 3.99. The quantitative estimate of drug-likeness (QED) is 0.238. The number of ether oxygens (including phenoxy) is 2. The lowest BCUT2D eigenvalue weighted by molar-refractivity contribution is -0.116. The van der Waals surface area contributed by atoms with E-state index >= 15 is 0 Å². The summed E-state index contributed by atoms with van der Waals surface area (Å²) in [6.45, 7) is 6.97. The van der Waals surface area contributed by atoms with Gasteiger partial charge in [0.2, 0.25) is 5.91 Å². The molecular formula is C21H28ClIN4O3.